The van der Waals surface area contributed by atoms with Crippen LogP contribution in [0.4, 0.5) is 11.4 Å². The third-order valence-corrected chi connectivity index (χ3v) is 3.52. The van der Waals surface area contributed by atoms with Crippen LogP contribution < -0.4 is 10.2 Å². The summed E-state index contributed by atoms with van der Waals surface area (Å²) >= 11 is 0. The fourth-order valence-corrected chi connectivity index (χ4v) is 2.09. The van der Waals surface area contributed by atoms with Crippen LogP contribution in [-0.4, -0.2) is 25.1 Å². The molecule has 1 aromatic heterocycles. The van der Waals surface area contributed by atoms with E-state index >= 15 is 0 Å². The molecule has 0 radical (unpaired) electrons. The van der Waals surface area contributed by atoms with Gasteiger partial charge in [-0.15, -0.1) is 0 Å². The topological polar surface area (TPSA) is 28.2 Å². The van der Waals surface area contributed by atoms with E-state index in [0.29, 0.717) is 6.04 Å². The first-order valence-electron chi connectivity index (χ1n) is 6.96. The number of nitrogens with zero attached hydrogens (tertiary/aromatic N) is 2. The maximum absolute atomic E-state index is 4.23. The molecule has 0 spiro atoms. The zero-order chi connectivity index (χ0) is 13.5. The molecule has 2 atom stereocenters. The molecule has 3 nitrogen and oxygen atoms in total. The summed E-state index contributed by atoms with van der Waals surface area (Å²) in [5.74, 6) is 0.766. The molecule has 0 aliphatic carbocycles. The van der Waals surface area contributed by atoms with Crippen LogP contribution in [0.3, 0.4) is 0 Å². The Balaban J connectivity index is 2.75. The molecule has 0 bridgehead atoms. The lowest BCUT2D eigenvalue weighted by Gasteiger charge is -2.24. The first-order chi connectivity index (χ1) is 8.58. The van der Waals surface area contributed by atoms with E-state index in [2.05, 4.69) is 56.1 Å². The number of pyridine rings is 1. The Morgan fingerprint density at radius 2 is 2.00 bits per heavy atom. The van der Waals surface area contributed by atoms with Crippen molar-refractivity contribution >= 4 is 11.4 Å². The van der Waals surface area contributed by atoms with Gasteiger partial charge in [0.2, 0.25) is 0 Å². The second-order valence-corrected chi connectivity index (χ2v) is 5.29. The summed E-state index contributed by atoms with van der Waals surface area (Å²) in [6.45, 7) is 6.82. The largest absolute Gasteiger partial charge is 0.379 e. The summed E-state index contributed by atoms with van der Waals surface area (Å²) in [6.07, 6.45) is 7.37. The monoisotopic (exact) mass is 249 g/mol. The zero-order valence-electron chi connectivity index (χ0n) is 12.4. The maximum Gasteiger partial charge on any atom is 0.0766 e. The SMILES string of the molecule is CCC(C)CC(CC)Nc1cnccc1N(C)C. The predicted octanol–water partition coefficient (Wildman–Crippen LogP) is 3.77. The lowest BCUT2D eigenvalue weighted by Crippen LogP contribution is -2.23. The van der Waals surface area contributed by atoms with Crippen molar-refractivity contribution in [2.75, 3.05) is 24.3 Å². The number of hydrogen-bond acceptors (Lipinski definition) is 3. The minimum absolute atomic E-state index is 0.530. The van der Waals surface area contributed by atoms with E-state index in [1.54, 1.807) is 0 Å². The average molecular weight is 249 g/mol. The molecular weight excluding hydrogens is 222 g/mol. The maximum atomic E-state index is 4.23. The van der Waals surface area contributed by atoms with Crippen molar-refractivity contribution in [2.24, 2.45) is 5.92 Å². The highest BCUT2D eigenvalue weighted by Crippen LogP contribution is 2.25. The quantitative estimate of drug-likeness (QED) is 0.797. The molecule has 3 heteroatoms. The Labute approximate surface area is 112 Å². The summed E-state index contributed by atoms with van der Waals surface area (Å²) in [5, 5.41) is 3.64. The van der Waals surface area contributed by atoms with Crippen molar-refractivity contribution in [3.8, 4) is 0 Å². The van der Waals surface area contributed by atoms with E-state index < -0.39 is 0 Å². The number of rotatable bonds is 7. The Morgan fingerprint density at radius 1 is 1.28 bits per heavy atom. The first kappa shape index (κ1) is 14.8. The zero-order valence-corrected chi connectivity index (χ0v) is 12.4. The van der Waals surface area contributed by atoms with Crippen molar-refractivity contribution in [2.45, 2.75) is 46.1 Å². The van der Waals surface area contributed by atoms with Gasteiger partial charge >= 0.3 is 0 Å². The normalized spacial score (nSPS) is 14.1. The van der Waals surface area contributed by atoms with E-state index in [1.807, 2.05) is 12.4 Å². The molecule has 1 rings (SSSR count). The fourth-order valence-electron chi connectivity index (χ4n) is 2.09. The molecule has 0 aliphatic heterocycles. The van der Waals surface area contributed by atoms with Gasteiger partial charge in [-0.1, -0.05) is 27.2 Å². The molecule has 0 saturated carbocycles. The van der Waals surface area contributed by atoms with Gasteiger partial charge in [0.15, 0.2) is 0 Å². The minimum Gasteiger partial charge on any atom is -0.379 e. The van der Waals surface area contributed by atoms with Crippen molar-refractivity contribution in [1.29, 1.82) is 0 Å². The van der Waals surface area contributed by atoms with Crippen LogP contribution in [0.2, 0.25) is 0 Å². The Kier molecular flexibility index (Phi) is 5.96. The van der Waals surface area contributed by atoms with Gasteiger partial charge in [-0.3, -0.25) is 4.98 Å². The van der Waals surface area contributed by atoms with E-state index in [9.17, 15) is 0 Å². The fraction of sp³-hybridized carbons (Fsp3) is 0.667. The number of aromatic nitrogens is 1. The third kappa shape index (κ3) is 4.21. The second kappa shape index (κ2) is 7.24. The van der Waals surface area contributed by atoms with Gasteiger partial charge < -0.3 is 10.2 Å². The summed E-state index contributed by atoms with van der Waals surface area (Å²) in [7, 11) is 4.13. The van der Waals surface area contributed by atoms with Gasteiger partial charge in [0, 0.05) is 26.3 Å². The van der Waals surface area contributed by atoms with Gasteiger partial charge in [0.1, 0.15) is 0 Å². The number of hydrogen-bond donors (Lipinski definition) is 1. The highest BCUT2D eigenvalue weighted by molar-refractivity contribution is 5.68. The molecule has 1 heterocycles. The second-order valence-electron chi connectivity index (χ2n) is 5.29. The molecule has 1 aromatic rings. The predicted molar refractivity (Wildman–Crippen MR) is 80.3 cm³/mol. The van der Waals surface area contributed by atoms with Crippen LogP contribution >= 0.6 is 0 Å². The lowest BCUT2D eigenvalue weighted by molar-refractivity contribution is 0.462. The van der Waals surface area contributed by atoms with Gasteiger partial charge in [0.25, 0.3) is 0 Å². The van der Waals surface area contributed by atoms with Crippen LogP contribution in [-0.2, 0) is 0 Å². The highest BCUT2D eigenvalue weighted by Gasteiger charge is 2.12. The molecule has 102 valence electrons. The highest BCUT2D eigenvalue weighted by atomic mass is 15.1. The van der Waals surface area contributed by atoms with Crippen LogP contribution in [0.25, 0.3) is 0 Å². The van der Waals surface area contributed by atoms with Crippen molar-refractivity contribution in [3.05, 3.63) is 18.5 Å². The summed E-state index contributed by atoms with van der Waals surface area (Å²) in [6, 6.07) is 2.58. The van der Waals surface area contributed by atoms with Gasteiger partial charge in [-0.2, -0.15) is 0 Å². The van der Waals surface area contributed by atoms with E-state index in [1.165, 1.54) is 18.5 Å². The molecule has 0 saturated heterocycles. The van der Waals surface area contributed by atoms with Crippen molar-refractivity contribution in [3.63, 3.8) is 0 Å². The van der Waals surface area contributed by atoms with E-state index in [-0.39, 0.29) is 0 Å². The average Bonchev–Trinajstić information content (AvgIpc) is 2.38. The number of anilines is 2. The van der Waals surface area contributed by atoms with Gasteiger partial charge in [-0.05, 0) is 24.8 Å². The summed E-state index contributed by atoms with van der Waals surface area (Å²) in [4.78, 5) is 6.35. The van der Waals surface area contributed by atoms with Gasteiger partial charge in [0.05, 0.1) is 17.6 Å². The van der Waals surface area contributed by atoms with Crippen LogP contribution in [0.5, 0.6) is 0 Å². The molecule has 1 N–H and O–H groups in total. The molecule has 0 fully saturated rings. The molecule has 0 amide bonds. The molecular formula is C15H27N3. The molecule has 0 aromatic carbocycles. The standard InChI is InChI=1S/C15H27N3/c1-6-12(3)10-13(7-2)17-14-11-16-9-8-15(14)18(4)5/h8-9,11-13,17H,6-7,10H2,1-5H3. The Morgan fingerprint density at radius 3 is 2.56 bits per heavy atom. The third-order valence-electron chi connectivity index (χ3n) is 3.52. The summed E-state index contributed by atoms with van der Waals surface area (Å²) in [5.41, 5.74) is 2.34. The molecule has 0 aliphatic rings. The minimum atomic E-state index is 0.530. The van der Waals surface area contributed by atoms with Crippen LogP contribution in [0.15, 0.2) is 18.5 Å². The van der Waals surface area contributed by atoms with Crippen molar-refractivity contribution < 1.29 is 0 Å². The molecule has 18 heavy (non-hydrogen) atoms. The first-order valence-corrected chi connectivity index (χ1v) is 6.96. The Hall–Kier alpha value is -1.25. The van der Waals surface area contributed by atoms with Crippen LogP contribution in [0, 0.1) is 5.92 Å². The van der Waals surface area contributed by atoms with Gasteiger partial charge in [-0.25, -0.2) is 0 Å². The van der Waals surface area contributed by atoms with E-state index in [0.717, 1.165) is 18.0 Å². The van der Waals surface area contributed by atoms with Crippen molar-refractivity contribution in [1.82, 2.24) is 4.98 Å². The Bertz CT molecular complexity index is 349. The summed E-state index contributed by atoms with van der Waals surface area (Å²) < 4.78 is 0. The van der Waals surface area contributed by atoms with E-state index in [4.69, 9.17) is 0 Å². The lowest BCUT2D eigenvalue weighted by atomic mass is 9.97. The number of nitrogens with one attached hydrogen (secondary N) is 1. The molecule has 2 unspecified atom stereocenters. The smallest absolute Gasteiger partial charge is 0.0766 e. The van der Waals surface area contributed by atoms with Crippen LogP contribution in [0.1, 0.15) is 40.0 Å².